The lowest BCUT2D eigenvalue weighted by Crippen LogP contribution is -2.45. The monoisotopic (exact) mass is 811 g/mol. The number of amides is 3. The summed E-state index contributed by atoms with van der Waals surface area (Å²) in [6.45, 7) is 6.58. The summed E-state index contributed by atoms with van der Waals surface area (Å²) in [6.07, 6.45) is 7.52. The standard InChI is InChI=1S/C43H51F2N9O5/c1-25(2)59-36-21-38-47-32(24-53(38)23-30(36)41(56)48-37-7-5-6-31(46-37)40(44)45)27-10-8-26(9-11-27)22-50(3)28-16-18-52(19-17-28)29-12-13-33-35(20-29)51(4)43(58)54(33)34-14-15-39(55)49-42(34)57/h5-7,12-13,20-21,23-28,34,40H,8-11,14-19,22H2,1-4H3,(H,46,48,56)(H,49,55,57)/t26-,27-,34?. The molecule has 2 saturated heterocycles. The maximum atomic E-state index is 13.4. The molecule has 8 rings (SSSR count). The van der Waals surface area contributed by atoms with Crippen LogP contribution in [0, 0.1) is 5.92 Å². The predicted molar refractivity (Wildman–Crippen MR) is 219 cm³/mol. The lowest BCUT2D eigenvalue weighted by molar-refractivity contribution is -0.135. The van der Waals surface area contributed by atoms with Crippen molar-refractivity contribution in [1.29, 1.82) is 0 Å². The Bertz CT molecular complexity index is 2440. The van der Waals surface area contributed by atoms with Crippen LogP contribution in [-0.2, 0) is 16.6 Å². The van der Waals surface area contributed by atoms with E-state index in [2.05, 4.69) is 32.5 Å². The number of piperidine rings is 2. The number of aromatic nitrogens is 5. The first-order valence-electron chi connectivity index (χ1n) is 20.6. The summed E-state index contributed by atoms with van der Waals surface area (Å²) in [6, 6.07) is 11.6. The van der Waals surface area contributed by atoms with Crippen LogP contribution in [-0.4, -0.2) is 85.0 Å². The van der Waals surface area contributed by atoms with Crippen molar-refractivity contribution in [3.05, 3.63) is 82.3 Å². The van der Waals surface area contributed by atoms with Crippen molar-refractivity contribution >= 4 is 45.9 Å². The van der Waals surface area contributed by atoms with Crippen molar-refractivity contribution in [3.63, 3.8) is 0 Å². The number of halogens is 2. The Balaban J connectivity index is 0.863. The van der Waals surface area contributed by atoms with Crippen LogP contribution < -0.4 is 26.0 Å². The van der Waals surface area contributed by atoms with Crippen molar-refractivity contribution in [2.24, 2.45) is 13.0 Å². The molecule has 6 heterocycles. The topological polar surface area (TPSA) is 148 Å². The molecule has 14 nitrogen and oxygen atoms in total. The van der Waals surface area contributed by atoms with E-state index >= 15 is 0 Å². The number of aryl methyl sites for hydroxylation is 1. The summed E-state index contributed by atoms with van der Waals surface area (Å²) in [7, 11) is 3.97. The molecule has 2 aliphatic heterocycles. The molecule has 1 aliphatic carbocycles. The van der Waals surface area contributed by atoms with E-state index in [1.165, 1.54) is 22.8 Å². The second kappa shape index (κ2) is 16.5. The van der Waals surface area contributed by atoms with Gasteiger partial charge in [0, 0.05) is 69.2 Å². The molecule has 0 spiro atoms. The number of fused-ring (bicyclic) bond motifs is 2. The van der Waals surface area contributed by atoms with Crippen LogP contribution in [0.5, 0.6) is 5.75 Å². The quantitative estimate of drug-likeness (QED) is 0.149. The van der Waals surface area contributed by atoms with Crippen LogP contribution in [0.15, 0.2) is 59.7 Å². The fraction of sp³-hybridized carbons (Fsp3) is 0.488. The first-order valence-corrected chi connectivity index (χ1v) is 20.6. The van der Waals surface area contributed by atoms with Gasteiger partial charge in [0.05, 0.1) is 28.4 Å². The number of rotatable bonds is 11. The van der Waals surface area contributed by atoms with E-state index in [1.807, 2.05) is 42.6 Å². The second-order valence-electron chi connectivity index (χ2n) is 16.6. The Morgan fingerprint density at radius 1 is 0.966 bits per heavy atom. The van der Waals surface area contributed by atoms with Gasteiger partial charge in [-0.25, -0.2) is 23.5 Å². The zero-order chi connectivity index (χ0) is 41.5. The van der Waals surface area contributed by atoms with Gasteiger partial charge in [-0.15, -0.1) is 0 Å². The van der Waals surface area contributed by atoms with Gasteiger partial charge in [-0.2, -0.15) is 0 Å². The maximum Gasteiger partial charge on any atom is 0.329 e. The SMILES string of the molecule is CC(C)Oc1cc2nc([C@H]3CC[C@H](CN(C)C4CCN(c5ccc6c(c5)n(C)c(=O)n6C5CCC(=O)NC5=O)CC4)CC3)cn2cc1C(=O)Nc1cccc(C(F)F)n1. The average Bonchev–Trinajstić information content (AvgIpc) is 3.74. The first-order chi connectivity index (χ1) is 28.3. The summed E-state index contributed by atoms with van der Waals surface area (Å²) in [5, 5.41) is 5.02. The van der Waals surface area contributed by atoms with Crippen LogP contribution in [0.2, 0.25) is 0 Å². The molecule has 3 fully saturated rings. The van der Waals surface area contributed by atoms with Gasteiger partial charge in [-0.1, -0.05) is 6.07 Å². The third-order valence-electron chi connectivity index (χ3n) is 12.3. The van der Waals surface area contributed by atoms with Crippen LogP contribution in [0.3, 0.4) is 0 Å². The average molecular weight is 812 g/mol. The molecule has 1 aromatic carbocycles. The molecular weight excluding hydrogens is 761 g/mol. The van der Waals surface area contributed by atoms with Gasteiger partial charge in [0.15, 0.2) is 0 Å². The number of imide groups is 1. The van der Waals surface area contributed by atoms with E-state index in [0.29, 0.717) is 41.2 Å². The van der Waals surface area contributed by atoms with E-state index in [0.717, 1.165) is 75.1 Å². The smallest absolute Gasteiger partial charge is 0.329 e. The molecule has 312 valence electrons. The second-order valence-corrected chi connectivity index (χ2v) is 16.6. The summed E-state index contributed by atoms with van der Waals surface area (Å²) in [5.74, 6) is 0.0247. The molecule has 3 amide bonds. The van der Waals surface area contributed by atoms with Gasteiger partial charge in [-0.3, -0.25) is 28.8 Å². The largest absolute Gasteiger partial charge is 0.490 e. The number of pyridine rings is 2. The lowest BCUT2D eigenvalue weighted by Gasteiger charge is -2.40. The van der Waals surface area contributed by atoms with Crippen LogP contribution in [0.25, 0.3) is 16.7 Å². The fourth-order valence-electron chi connectivity index (χ4n) is 9.12. The minimum atomic E-state index is -2.75. The van der Waals surface area contributed by atoms with E-state index in [4.69, 9.17) is 9.72 Å². The van der Waals surface area contributed by atoms with Gasteiger partial charge in [0.1, 0.15) is 29.0 Å². The normalized spacial score (nSPS) is 20.6. The molecular formula is C43H51F2N9O5. The molecule has 16 heteroatoms. The van der Waals surface area contributed by atoms with E-state index < -0.39 is 30.0 Å². The lowest BCUT2D eigenvalue weighted by atomic mass is 9.80. The molecule has 59 heavy (non-hydrogen) atoms. The zero-order valence-corrected chi connectivity index (χ0v) is 33.9. The van der Waals surface area contributed by atoms with Crippen molar-refractivity contribution in [2.45, 2.75) is 95.7 Å². The fourth-order valence-corrected chi connectivity index (χ4v) is 9.12. The Labute approximate surface area is 340 Å². The number of nitrogens with one attached hydrogen (secondary N) is 2. The molecule has 0 radical (unpaired) electrons. The number of ether oxygens (including phenoxy) is 1. The van der Waals surface area contributed by atoms with Crippen molar-refractivity contribution in [3.8, 4) is 5.75 Å². The van der Waals surface area contributed by atoms with Crippen LogP contribution in [0.4, 0.5) is 20.3 Å². The highest BCUT2D eigenvalue weighted by atomic mass is 19.3. The number of alkyl halides is 2. The van der Waals surface area contributed by atoms with Gasteiger partial charge in [0.25, 0.3) is 12.3 Å². The maximum absolute atomic E-state index is 13.4. The Kier molecular flexibility index (Phi) is 11.3. The van der Waals surface area contributed by atoms with E-state index in [1.54, 1.807) is 23.9 Å². The molecule has 0 bridgehead atoms. The molecule has 2 N–H and O–H groups in total. The third-order valence-corrected chi connectivity index (χ3v) is 12.3. The van der Waals surface area contributed by atoms with Crippen molar-refractivity contribution < 1.29 is 27.9 Å². The predicted octanol–water partition coefficient (Wildman–Crippen LogP) is 6.21. The minimum Gasteiger partial charge on any atom is -0.490 e. The zero-order valence-electron chi connectivity index (χ0n) is 33.9. The Morgan fingerprint density at radius 3 is 2.44 bits per heavy atom. The van der Waals surface area contributed by atoms with Gasteiger partial charge in [0.2, 0.25) is 11.8 Å². The van der Waals surface area contributed by atoms with E-state index in [9.17, 15) is 28.0 Å². The number of benzene rings is 1. The summed E-state index contributed by atoms with van der Waals surface area (Å²) < 4.78 is 37.4. The first kappa shape index (κ1) is 40.2. The number of carbonyl (C=O) groups excluding carboxylic acids is 3. The highest BCUT2D eigenvalue weighted by molar-refractivity contribution is 6.06. The number of carbonyl (C=O) groups is 3. The van der Waals surface area contributed by atoms with Crippen molar-refractivity contribution in [1.82, 2.24) is 33.7 Å². The number of hydrogen-bond donors (Lipinski definition) is 2. The minimum absolute atomic E-state index is 0.0354. The number of nitrogens with zero attached hydrogens (tertiary/aromatic N) is 7. The number of anilines is 2. The highest BCUT2D eigenvalue weighted by Gasteiger charge is 2.33. The highest BCUT2D eigenvalue weighted by Crippen LogP contribution is 2.37. The van der Waals surface area contributed by atoms with Gasteiger partial charge >= 0.3 is 5.69 Å². The summed E-state index contributed by atoms with van der Waals surface area (Å²) in [4.78, 5) is 64.7. The Hall–Kier alpha value is -5.64. The van der Waals surface area contributed by atoms with Crippen LogP contribution in [0.1, 0.15) is 105 Å². The van der Waals surface area contributed by atoms with Gasteiger partial charge < -0.3 is 24.3 Å². The van der Waals surface area contributed by atoms with Crippen molar-refractivity contribution in [2.75, 3.05) is 36.9 Å². The third kappa shape index (κ3) is 8.32. The number of hydrogen-bond acceptors (Lipinski definition) is 9. The Morgan fingerprint density at radius 2 is 1.73 bits per heavy atom. The van der Waals surface area contributed by atoms with Gasteiger partial charge in [-0.05, 0) is 102 Å². The molecule has 1 unspecified atom stereocenters. The molecule has 5 aromatic rings. The molecule has 1 saturated carbocycles. The number of imidazole rings is 2. The van der Waals surface area contributed by atoms with Crippen LogP contribution >= 0.6 is 0 Å². The summed E-state index contributed by atoms with van der Waals surface area (Å²) >= 11 is 0. The summed E-state index contributed by atoms with van der Waals surface area (Å²) in [5.41, 5.74) is 3.75. The molecule has 3 aliphatic rings. The van der Waals surface area contributed by atoms with E-state index in [-0.39, 0.29) is 35.5 Å². The molecule has 1 atom stereocenters. The molecule has 4 aromatic heterocycles.